The molecule has 2 aromatic rings. The molecule has 2 N–H and O–H groups in total. The molecular weight excluding hydrogens is 423 g/mol. The lowest BCUT2D eigenvalue weighted by molar-refractivity contribution is 0.0926. The summed E-state index contributed by atoms with van der Waals surface area (Å²) in [7, 11) is 3.44. The largest absolute Gasteiger partial charge is 0.360 e. The normalized spacial score (nSPS) is 18.5. The second kappa shape index (κ2) is 10.0. The van der Waals surface area contributed by atoms with E-state index in [0.29, 0.717) is 11.5 Å². The van der Waals surface area contributed by atoms with Crippen molar-refractivity contribution in [2.24, 2.45) is 0 Å². The van der Waals surface area contributed by atoms with Crippen LogP contribution in [0.2, 0.25) is 5.02 Å². The van der Waals surface area contributed by atoms with Crippen LogP contribution in [0.1, 0.15) is 36.0 Å². The van der Waals surface area contributed by atoms with E-state index in [1.165, 1.54) is 18.2 Å². The highest BCUT2D eigenvalue weighted by Crippen LogP contribution is 2.23. The Morgan fingerprint density at radius 3 is 2.41 bits per heavy atom. The van der Waals surface area contributed by atoms with Gasteiger partial charge < -0.3 is 15.5 Å². The highest BCUT2D eigenvalue weighted by Gasteiger charge is 2.24. The van der Waals surface area contributed by atoms with Crippen molar-refractivity contribution in [1.29, 1.82) is 0 Å². The van der Waals surface area contributed by atoms with Crippen LogP contribution in [0.5, 0.6) is 0 Å². The van der Waals surface area contributed by atoms with Crippen molar-refractivity contribution >= 4 is 41.7 Å². The Labute approximate surface area is 179 Å². The smallest absolute Gasteiger partial charge is 0.251 e. The second-order valence-electron chi connectivity index (χ2n) is 7.05. The zero-order chi connectivity index (χ0) is 20.3. The van der Waals surface area contributed by atoms with Gasteiger partial charge in [-0.3, -0.25) is 4.79 Å². The van der Waals surface area contributed by atoms with E-state index in [1.54, 1.807) is 19.0 Å². The quantitative estimate of drug-likeness (QED) is 0.726. The molecule has 1 aromatic heterocycles. The molecule has 0 radical (unpaired) electrons. The molecule has 0 saturated heterocycles. The molecule has 0 bridgehead atoms. The number of carbonyl (C=O) groups excluding carboxylic acids is 1. The average Bonchev–Trinajstić information content (AvgIpc) is 2.66. The summed E-state index contributed by atoms with van der Waals surface area (Å²) >= 11 is 5.74. The molecule has 10 heteroatoms. The monoisotopic (exact) mass is 445 g/mol. The summed E-state index contributed by atoms with van der Waals surface area (Å²) in [5, 5.41) is 6.13. The zero-order valence-electron chi connectivity index (χ0n) is 16.1. The Morgan fingerprint density at radius 1 is 1.14 bits per heavy atom. The standard InChI is InChI=1S/C19H22ClF2N5O.ClH/c1-27(2)17-16(22)10-23-19(26-17)25-13-6-4-12(5-7-13)24-18(28)11-3-8-15(21)14(20)9-11;/h3,8-10,12-13H,4-7H2,1-2H3,(H,24,28)(H,23,25,26);1H/t12-,13+;. The van der Waals surface area contributed by atoms with Crippen molar-refractivity contribution in [2.75, 3.05) is 24.3 Å². The maximum Gasteiger partial charge on any atom is 0.251 e. The van der Waals surface area contributed by atoms with Crippen LogP contribution in [0.25, 0.3) is 0 Å². The minimum Gasteiger partial charge on any atom is -0.360 e. The number of anilines is 2. The zero-order valence-corrected chi connectivity index (χ0v) is 17.7. The third-order valence-corrected chi connectivity index (χ3v) is 5.02. The Kier molecular flexibility index (Phi) is 7.98. The van der Waals surface area contributed by atoms with Crippen LogP contribution in [0.4, 0.5) is 20.5 Å². The van der Waals surface area contributed by atoms with Gasteiger partial charge in [-0.05, 0) is 43.9 Å². The maximum absolute atomic E-state index is 13.7. The maximum atomic E-state index is 13.7. The molecular formula is C19H23Cl2F2N5O. The number of hydrogen-bond acceptors (Lipinski definition) is 5. The predicted molar refractivity (Wildman–Crippen MR) is 112 cm³/mol. The number of benzene rings is 1. The van der Waals surface area contributed by atoms with Gasteiger partial charge in [0.05, 0.1) is 11.2 Å². The molecule has 1 aliphatic rings. The van der Waals surface area contributed by atoms with E-state index in [9.17, 15) is 13.6 Å². The van der Waals surface area contributed by atoms with Crippen molar-refractivity contribution in [3.8, 4) is 0 Å². The van der Waals surface area contributed by atoms with Gasteiger partial charge in [0, 0.05) is 31.7 Å². The Balaban J connectivity index is 0.00000300. The van der Waals surface area contributed by atoms with E-state index >= 15 is 0 Å². The minimum absolute atomic E-state index is 0. The lowest BCUT2D eigenvalue weighted by atomic mass is 9.91. The van der Waals surface area contributed by atoms with Crippen molar-refractivity contribution < 1.29 is 13.6 Å². The number of hydrogen-bond donors (Lipinski definition) is 2. The van der Waals surface area contributed by atoms with Crippen LogP contribution in [-0.4, -0.2) is 42.1 Å². The van der Waals surface area contributed by atoms with Gasteiger partial charge in [0.15, 0.2) is 11.6 Å². The van der Waals surface area contributed by atoms with E-state index < -0.39 is 11.6 Å². The van der Waals surface area contributed by atoms with Crippen LogP contribution in [-0.2, 0) is 0 Å². The molecule has 1 aliphatic carbocycles. The number of nitrogens with zero attached hydrogens (tertiary/aromatic N) is 3. The Hall–Kier alpha value is -2.19. The topological polar surface area (TPSA) is 70.2 Å². The molecule has 29 heavy (non-hydrogen) atoms. The summed E-state index contributed by atoms with van der Waals surface area (Å²) in [5.41, 5.74) is 0.336. The number of amides is 1. The van der Waals surface area contributed by atoms with E-state index in [2.05, 4.69) is 20.6 Å². The highest BCUT2D eigenvalue weighted by atomic mass is 35.5. The number of aromatic nitrogens is 2. The van der Waals surface area contributed by atoms with Crippen molar-refractivity contribution in [2.45, 2.75) is 37.8 Å². The van der Waals surface area contributed by atoms with Crippen LogP contribution >= 0.6 is 24.0 Å². The van der Waals surface area contributed by atoms with Crippen molar-refractivity contribution in [3.05, 3.63) is 46.6 Å². The van der Waals surface area contributed by atoms with Gasteiger partial charge in [-0.1, -0.05) is 11.6 Å². The Bertz CT molecular complexity index is 860. The number of halogens is 4. The molecule has 0 aliphatic heterocycles. The summed E-state index contributed by atoms with van der Waals surface area (Å²) < 4.78 is 26.9. The molecule has 0 unspecified atom stereocenters. The molecule has 6 nitrogen and oxygen atoms in total. The molecule has 3 rings (SSSR count). The molecule has 1 heterocycles. The van der Waals surface area contributed by atoms with Crippen LogP contribution in [0, 0.1) is 11.6 Å². The van der Waals surface area contributed by atoms with Gasteiger partial charge in [-0.25, -0.2) is 13.8 Å². The molecule has 0 atom stereocenters. The van der Waals surface area contributed by atoms with Crippen molar-refractivity contribution in [3.63, 3.8) is 0 Å². The van der Waals surface area contributed by atoms with Gasteiger partial charge in [0.25, 0.3) is 5.91 Å². The number of carbonyl (C=O) groups is 1. The lowest BCUT2D eigenvalue weighted by Gasteiger charge is -2.29. The van der Waals surface area contributed by atoms with Crippen LogP contribution in [0.3, 0.4) is 0 Å². The third kappa shape index (κ3) is 5.90. The number of nitrogens with one attached hydrogen (secondary N) is 2. The van der Waals surface area contributed by atoms with Gasteiger partial charge >= 0.3 is 0 Å². The van der Waals surface area contributed by atoms with E-state index in [-0.39, 0.29) is 41.2 Å². The average molecular weight is 446 g/mol. The van der Waals surface area contributed by atoms with Crippen LogP contribution in [0.15, 0.2) is 24.4 Å². The van der Waals surface area contributed by atoms with Crippen molar-refractivity contribution in [1.82, 2.24) is 15.3 Å². The predicted octanol–water partition coefficient (Wildman–Crippen LogP) is 4.05. The first-order chi connectivity index (χ1) is 13.3. The molecule has 1 saturated carbocycles. The first-order valence-corrected chi connectivity index (χ1v) is 9.43. The van der Waals surface area contributed by atoms with Gasteiger partial charge in [-0.15, -0.1) is 12.4 Å². The molecule has 158 valence electrons. The summed E-state index contributed by atoms with van der Waals surface area (Å²) in [6.45, 7) is 0. The fourth-order valence-electron chi connectivity index (χ4n) is 3.21. The van der Waals surface area contributed by atoms with Gasteiger partial charge in [-0.2, -0.15) is 4.98 Å². The molecule has 1 fully saturated rings. The summed E-state index contributed by atoms with van der Waals surface area (Å²) in [4.78, 5) is 22.1. The van der Waals surface area contributed by atoms with E-state index in [0.717, 1.165) is 31.9 Å². The van der Waals surface area contributed by atoms with Crippen LogP contribution < -0.4 is 15.5 Å². The Morgan fingerprint density at radius 2 is 1.79 bits per heavy atom. The fourth-order valence-corrected chi connectivity index (χ4v) is 3.39. The fraction of sp³-hybridized carbons (Fsp3) is 0.421. The SMILES string of the molecule is CN(C)c1nc(N[C@H]2CC[C@@H](NC(=O)c3ccc(F)c(Cl)c3)CC2)ncc1F.Cl. The lowest BCUT2D eigenvalue weighted by Crippen LogP contribution is -2.40. The minimum atomic E-state index is -0.551. The molecule has 1 amide bonds. The highest BCUT2D eigenvalue weighted by molar-refractivity contribution is 6.31. The van der Waals surface area contributed by atoms with E-state index in [4.69, 9.17) is 11.6 Å². The first-order valence-electron chi connectivity index (χ1n) is 9.06. The molecule has 1 aromatic carbocycles. The third-order valence-electron chi connectivity index (χ3n) is 4.73. The van der Waals surface area contributed by atoms with Gasteiger partial charge in [0.1, 0.15) is 5.82 Å². The summed E-state index contributed by atoms with van der Waals surface area (Å²) in [6, 6.07) is 4.10. The molecule has 0 spiro atoms. The van der Waals surface area contributed by atoms with E-state index in [1.807, 2.05) is 0 Å². The second-order valence-corrected chi connectivity index (χ2v) is 7.46. The van der Waals surface area contributed by atoms with Gasteiger partial charge in [0.2, 0.25) is 5.95 Å². The summed E-state index contributed by atoms with van der Waals surface area (Å²) in [5.74, 6) is -0.668. The summed E-state index contributed by atoms with van der Waals surface area (Å²) in [6.07, 6.45) is 4.34. The first kappa shape index (κ1) is 23.1. The number of rotatable bonds is 5.